The Morgan fingerprint density at radius 1 is 1.05 bits per heavy atom. The molecule has 0 aliphatic carbocycles. The van der Waals surface area contributed by atoms with Crippen molar-refractivity contribution in [2.24, 2.45) is 0 Å². The third kappa shape index (κ3) is 4.54. The summed E-state index contributed by atoms with van der Waals surface area (Å²) in [6, 6.07) is 6.38. The molecular formula is C15H24N2O3S. The largest absolute Gasteiger partial charge is 0.316 e. The number of anilines is 1. The molecule has 5 nitrogen and oxygen atoms in total. The number of carbonyl (C=O) groups excluding carboxylic acids is 1. The van der Waals surface area contributed by atoms with Crippen molar-refractivity contribution in [1.29, 1.82) is 0 Å². The average Bonchev–Trinajstić information content (AvgIpc) is 2.46. The van der Waals surface area contributed by atoms with Crippen LogP contribution in [0.4, 0.5) is 5.69 Å². The van der Waals surface area contributed by atoms with E-state index < -0.39 is 10.0 Å². The summed E-state index contributed by atoms with van der Waals surface area (Å²) in [6.45, 7) is 2.10. The van der Waals surface area contributed by atoms with Gasteiger partial charge in [0, 0.05) is 33.3 Å². The normalized spacial score (nSPS) is 11.7. The highest BCUT2D eigenvalue weighted by atomic mass is 32.2. The van der Waals surface area contributed by atoms with Gasteiger partial charge in [0.25, 0.3) is 0 Å². The molecule has 0 unspecified atom stereocenters. The Balaban J connectivity index is 2.80. The fraction of sp³-hybridized carbons (Fsp3) is 0.533. The summed E-state index contributed by atoms with van der Waals surface area (Å²) in [4.78, 5) is 13.8. The van der Waals surface area contributed by atoms with E-state index in [1.807, 2.05) is 0 Å². The van der Waals surface area contributed by atoms with Gasteiger partial charge in [-0.25, -0.2) is 12.7 Å². The SMILES string of the molecule is CCCCCC(=O)N(C)c1ccc(S(=O)(=O)N(C)C)cc1. The van der Waals surface area contributed by atoms with Gasteiger partial charge in [0.1, 0.15) is 0 Å². The molecule has 0 fully saturated rings. The zero-order valence-corrected chi connectivity index (χ0v) is 14.0. The van der Waals surface area contributed by atoms with Crippen molar-refractivity contribution in [2.45, 2.75) is 37.5 Å². The Morgan fingerprint density at radius 3 is 2.10 bits per heavy atom. The Kier molecular flexibility index (Phi) is 6.36. The lowest BCUT2D eigenvalue weighted by Gasteiger charge is -2.18. The van der Waals surface area contributed by atoms with E-state index in [0.717, 1.165) is 19.3 Å². The van der Waals surface area contributed by atoms with Crippen LogP contribution < -0.4 is 4.90 Å². The number of rotatable bonds is 7. The monoisotopic (exact) mass is 312 g/mol. The Bertz CT molecular complexity index is 565. The molecule has 0 aromatic heterocycles. The van der Waals surface area contributed by atoms with E-state index in [9.17, 15) is 13.2 Å². The minimum Gasteiger partial charge on any atom is -0.316 e. The molecule has 1 amide bonds. The quantitative estimate of drug-likeness (QED) is 0.727. The number of benzene rings is 1. The summed E-state index contributed by atoms with van der Waals surface area (Å²) in [7, 11) is 1.27. The first-order chi connectivity index (χ1) is 9.80. The number of sulfonamides is 1. The summed E-state index contributed by atoms with van der Waals surface area (Å²) < 4.78 is 25.1. The first-order valence-electron chi connectivity index (χ1n) is 7.10. The topological polar surface area (TPSA) is 57.7 Å². The average molecular weight is 312 g/mol. The van der Waals surface area contributed by atoms with E-state index in [-0.39, 0.29) is 10.8 Å². The van der Waals surface area contributed by atoms with Crippen LogP contribution in [0.15, 0.2) is 29.2 Å². The van der Waals surface area contributed by atoms with E-state index in [2.05, 4.69) is 6.92 Å². The second-order valence-electron chi connectivity index (χ2n) is 5.19. The molecule has 6 heteroatoms. The lowest BCUT2D eigenvalue weighted by molar-refractivity contribution is -0.118. The van der Waals surface area contributed by atoms with Gasteiger partial charge >= 0.3 is 0 Å². The number of nitrogens with zero attached hydrogens (tertiary/aromatic N) is 2. The standard InChI is InChI=1S/C15H24N2O3S/c1-5-6-7-8-15(18)17(4)13-9-11-14(12-10-13)21(19,20)16(2)3/h9-12H,5-8H2,1-4H3. The summed E-state index contributed by atoms with van der Waals surface area (Å²) in [5.41, 5.74) is 0.703. The number of unbranched alkanes of at least 4 members (excludes halogenated alkanes) is 2. The molecule has 0 aliphatic heterocycles. The maximum Gasteiger partial charge on any atom is 0.242 e. The van der Waals surface area contributed by atoms with Gasteiger partial charge in [-0.3, -0.25) is 4.79 Å². The van der Waals surface area contributed by atoms with E-state index in [1.54, 1.807) is 24.1 Å². The molecule has 0 atom stereocenters. The van der Waals surface area contributed by atoms with Gasteiger partial charge in [0.05, 0.1) is 4.90 Å². The lowest BCUT2D eigenvalue weighted by atomic mass is 10.2. The molecule has 1 aromatic rings. The van der Waals surface area contributed by atoms with E-state index in [1.165, 1.54) is 30.5 Å². The van der Waals surface area contributed by atoms with Crippen LogP contribution in [0.2, 0.25) is 0 Å². The maximum absolute atomic E-state index is 12.0. The molecule has 1 aromatic carbocycles. The van der Waals surface area contributed by atoms with Crippen molar-refractivity contribution < 1.29 is 13.2 Å². The van der Waals surface area contributed by atoms with Crippen molar-refractivity contribution in [3.05, 3.63) is 24.3 Å². The van der Waals surface area contributed by atoms with Gasteiger partial charge in [-0.2, -0.15) is 0 Å². The summed E-state index contributed by atoms with van der Waals surface area (Å²) in [6.07, 6.45) is 3.52. The third-order valence-corrected chi connectivity index (χ3v) is 5.20. The number of amides is 1. The van der Waals surface area contributed by atoms with Gasteiger partial charge < -0.3 is 4.90 Å². The fourth-order valence-electron chi connectivity index (χ4n) is 1.89. The van der Waals surface area contributed by atoms with E-state index in [0.29, 0.717) is 12.1 Å². The smallest absolute Gasteiger partial charge is 0.242 e. The van der Waals surface area contributed by atoms with Crippen molar-refractivity contribution in [2.75, 3.05) is 26.0 Å². The maximum atomic E-state index is 12.0. The first-order valence-corrected chi connectivity index (χ1v) is 8.54. The second-order valence-corrected chi connectivity index (χ2v) is 7.34. The van der Waals surface area contributed by atoms with Crippen LogP contribution in [0.1, 0.15) is 32.6 Å². The Labute approximate surface area is 127 Å². The number of carbonyl (C=O) groups is 1. The molecule has 1 rings (SSSR count). The lowest BCUT2D eigenvalue weighted by Crippen LogP contribution is -2.26. The molecule has 0 heterocycles. The zero-order chi connectivity index (χ0) is 16.0. The van der Waals surface area contributed by atoms with Crippen LogP contribution in [-0.2, 0) is 14.8 Å². The molecular weight excluding hydrogens is 288 g/mol. The van der Waals surface area contributed by atoms with Crippen LogP contribution in [0.3, 0.4) is 0 Å². The van der Waals surface area contributed by atoms with Gasteiger partial charge in [-0.15, -0.1) is 0 Å². The van der Waals surface area contributed by atoms with Crippen LogP contribution >= 0.6 is 0 Å². The summed E-state index contributed by atoms with van der Waals surface area (Å²) >= 11 is 0. The molecule has 0 bridgehead atoms. The van der Waals surface area contributed by atoms with Gasteiger partial charge in [0.2, 0.25) is 15.9 Å². The molecule has 0 radical (unpaired) electrons. The molecule has 0 saturated carbocycles. The van der Waals surface area contributed by atoms with Gasteiger partial charge in [0.15, 0.2) is 0 Å². The Hall–Kier alpha value is -1.40. The minimum atomic E-state index is -3.43. The predicted octanol–water partition coefficient (Wildman–Crippen LogP) is 2.48. The van der Waals surface area contributed by atoms with Crippen LogP contribution in [0, 0.1) is 0 Å². The van der Waals surface area contributed by atoms with E-state index in [4.69, 9.17) is 0 Å². The molecule has 0 spiro atoms. The van der Waals surface area contributed by atoms with Crippen molar-refractivity contribution in [1.82, 2.24) is 4.31 Å². The summed E-state index contributed by atoms with van der Waals surface area (Å²) in [5, 5.41) is 0. The number of hydrogen-bond acceptors (Lipinski definition) is 3. The van der Waals surface area contributed by atoms with Gasteiger partial charge in [-0.05, 0) is 30.7 Å². The van der Waals surface area contributed by atoms with Crippen molar-refractivity contribution in [3.63, 3.8) is 0 Å². The van der Waals surface area contributed by atoms with Crippen LogP contribution in [0.5, 0.6) is 0 Å². The molecule has 0 saturated heterocycles. The molecule has 118 valence electrons. The van der Waals surface area contributed by atoms with Crippen LogP contribution in [-0.4, -0.2) is 39.8 Å². The highest BCUT2D eigenvalue weighted by Crippen LogP contribution is 2.19. The molecule has 21 heavy (non-hydrogen) atoms. The molecule has 0 aliphatic rings. The highest BCUT2D eigenvalue weighted by Gasteiger charge is 2.17. The Morgan fingerprint density at radius 2 is 1.62 bits per heavy atom. The van der Waals surface area contributed by atoms with Crippen molar-refractivity contribution in [3.8, 4) is 0 Å². The third-order valence-electron chi connectivity index (χ3n) is 3.37. The highest BCUT2D eigenvalue weighted by molar-refractivity contribution is 7.89. The zero-order valence-electron chi connectivity index (χ0n) is 13.2. The minimum absolute atomic E-state index is 0.0478. The number of hydrogen-bond donors (Lipinski definition) is 0. The fourth-order valence-corrected chi connectivity index (χ4v) is 2.79. The first kappa shape index (κ1) is 17.7. The predicted molar refractivity (Wildman–Crippen MR) is 84.9 cm³/mol. The van der Waals surface area contributed by atoms with E-state index >= 15 is 0 Å². The molecule has 0 N–H and O–H groups in total. The van der Waals surface area contributed by atoms with Crippen molar-refractivity contribution >= 4 is 21.6 Å². The van der Waals surface area contributed by atoms with Crippen LogP contribution in [0.25, 0.3) is 0 Å². The summed E-state index contributed by atoms with van der Waals surface area (Å²) in [5.74, 6) is 0.0478. The second kappa shape index (κ2) is 7.56. The van der Waals surface area contributed by atoms with Gasteiger partial charge in [-0.1, -0.05) is 19.8 Å².